The Labute approximate surface area is 92.6 Å². The van der Waals surface area contributed by atoms with Crippen LogP contribution in [0.3, 0.4) is 0 Å². The molecule has 0 aromatic carbocycles. The number of carbonyl (C=O) groups is 1. The summed E-state index contributed by atoms with van der Waals surface area (Å²) in [4.78, 5) is 12.0. The molecule has 6 heteroatoms. The Morgan fingerprint density at radius 2 is 2.00 bits per heavy atom. The van der Waals surface area contributed by atoms with Crippen molar-refractivity contribution in [2.75, 3.05) is 33.9 Å². The van der Waals surface area contributed by atoms with E-state index in [4.69, 9.17) is 14.6 Å². The normalized spacial score (nSPS) is 13.9. The van der Waals surface area contributed by atoms with Crippen molar-refractivity contribution in [3.05, 3.63) is 0 Å². The fourth-order valence-electron chi connectivity index (χ4n) is 1.25. The second-order valence-corrected chi connectivity index (χ2v) is 6.81. The van der Waals surface area contributed by atoms with E-state index < -0.39 is 8.56 Å². The van der Waals surface area contributed by atoms with Crippen molar-refractivity contribution < 1.29 is 13.6 Å². The van der Waals surface area contributed by atoms with Gasteiger partial charge in [-0.1, -0.05) is 6.92 Å². The molecule has 0 aromatic rings. The maximum Gasteiger partial charge on any atom is 0.406 e. The summed E-state index contributed by atoms with van der Waals surface area (Å²) in [6.45, 7) is 5.54. The molecule has 0 saturated carbocycles. The Hall–Kier alpha value is -0.273. The Morgan fingerprint density at radius 1 is 1.47 bits per heavy atom. The predicted octanol–water partition coefficient (Wildman–Crippen LogP) is -0.356. The first-order valence-corrected chi connectivity index (χ1v) is 7.38. The average Bonchev–Trinajstić information content (AvgIpc) is 2.27. The fourth-order valence-corrected chi connectivity index (χ4v) is 2.81. The minimum Gasteiger partial charge on any atom is -0.393 e. The van der Waals surface area contributed by atoms with Crippen molar-refractivity contribution in [2.24, 2.45) is 11.7 Å². The molecule has 0 aliphatic heterocycles. The van der Waals surface area contributed by atoms with Crippen LogP contribution in [-0.4, -0.2) is 47.8 Å². The number of hydrogen-bond acceptors (Lipinski definition) is 5. The molecular formula is C9H22N2O3Si. The van der Waals surface area contributed by atoms with Crippen LogP contribution in [0.2, 0.25) is 6.55 Å². The summed E-state index contributed by atoms with van der Waals surface area (Å²) in [7, 11) is 0.409. The van der Waals surface area contributed by atoms with Crippen molar-refractivity contribution in [2.45, 2.75) is 13.5 Å². The summed E-state index contributed by atoms with van der Waals surface area (Å²) in [6, 6.07) is 0. The Bertz CT molecular complexity index is 198. The van der Waals surface area contributed by atoms with Gasteiger partial charge in [-0.05, 0) is 6.55 Å². The lowest BCUT2D eigenvalue weighted by atomic mass is 10.2. The van der Waals surface area contributed by atoms with E-state index in [2.05, 4.69) is 5.32 Å². The van der Waals surface area contributed by atoms with E-state index in [-0.39, 0.29) is 11.3 Å². The van der Waals surface area contributed by atoms with E-state index in [1.165, 1.54) is 14.2 Å². The molecule has 0 aliphatic carbocycles. The molecule has 0 heterocycles. The largest absolute Gasteiger partial charge is 0.406 e. The summed E-state index contributed by atoms with van der Waals surface area (Å²) in [5, 5.41) is 3.17. The van der Waals surface area contributed by atoms with Crippen LogP contribution in [0, 0.1) is 5.92 Å². The maximum absolute atomic E-state index is 12.0. The highest BCUT2D eigenvalue weighted by molar-refractivity contribution is 6.96. The van der Waals surface area contributed by atoms with Gasteiger partial charge in [0.25, 0.3) is 0 Å². The quantitative estimate of drug-likeness (QED) is 0.443. The van der Waals surface area contributed by atoms with E-state index in [9.17, 15) is 4.79 Å². The SMILES string of the molecule is CO[Si](C)(OC)C(=O)C(C)CNCCN. The third-order valence-corrected chi connectivity index (χ3v) is 5.39. The predicted molar refractivity (Wildman–Crippen MR) is 61.7 cm³/mol. The zero-order valence-corrected chi connectivity index (χ0v) is 11.0. The van der Waals surface area contributed by atoms with E-state index in [0.29, 0.717) is 13.1 Å². The van der Waals surface area contributed by atoms with Gasteiger partial charge in [-0.25, -0.2) is 0 Å². The zero-order chi connectivity index (χ0) is 11.9. The smallest absolute Gasteiger partial charge is 0.393 e. The monoisotopic (exact) mass is 234 g/mol. The minimum absolute atomic E-state index is 0.0667. The fraction of sp³-hybridized carbons (Fsp3) is 0.889. The second kappa shape index (κ2) is 7.08. The summed E-state index contributed by atoms with van der Waals surface area (Å²) in [6.07, 6.45) is 0. The van der Waals surface area contributed by atoms with Gasteiger partial charge >= 0.3 is 8.56 Å². The van der Waals surface area contributed by atoms with Crippen LogP contribution in [0.25, 0.3) is 0 Å². The van der Waals surface area contributed by atoms with Crippen LogP contribution in [0.15, 0.2) is 0 Å². The van der Waals surface area contributed by atoms with Crippen LogP contribution in [0.1, 0.15) is 6.92 Å². The van der Waals surface area contributed by atoms with E-state index >= 15 is 0 Å². The number of hydrogen-bond donors (Lipinski definition) is 2. The van der Waals surface area contributed by atoms with Crippen LogP contribution >= 0.6 is 0 Å². The molecule has 0 fully saturated rings. The molecule has 5 nitrogen and oxygen atoms in total. The number of nitrogens with one attached hydrogen (secondary N) is 1. The van der Waals surface area contributed by atoms with E-state index in [1.807, 2.05) is 6.92 Å². The lowest BCUT2D eigenvalue weighted by Gasteiger charge is -2.24. The highest BCUT2D eigenvalue weighted by atomic mass is 28.4. The summed E-state index contributed by atoms with van der Waals surface area (Å²) < 4.78 is 10.4. The van der Waals surface area contributed by atoms with Crippen LogP contribution in [0.4, 0.5) is 0 Å². The highest BCUT2D eigenvalue weighted by Crippen LogP contribution is 2.12. The van der Waals surface area contributed by atoms with Gasteiger partial charge in [-0.3, -0.25) is 4.79 Å². The minimum atomic E-state index is -2.63. The van der Waals surface area contributed by atoms with Gasteiger partial charge in [0.15, 0.2) is 5.41 Å². The molecule has 1 atom stereocenters. The van der Waals surface area contributed by atoms with Crippen molar-refractivity contribution in [3.8, 4) is 0 Å². The summed E-state index contributed by atoms with van der Waals surface area (Å²) in [5.41, 5.74) is 5.34. The molecule has 0 amide bonds. The van der Waals surface area contributed by atoms with E-state index in [0.717, 1.165) is 6.54 Å². The first kappa shape index (κ1) is 14.7. The third-order valence-electron chi connectivity index (χ3n) is 2.45. The van der Waals surface area contributed by atoms with Gasteiger partial charge in [0, 0.05) is 39.8 Å². The first-order valence-electron chi connectivity index (χ1n) is 5.07. The first-order chi connectivity index (χ1) is 7.01. The molecule has 15 heavy (non-hydrogen) atoms. The van der Waals surface area contributed by atoms with Gasteiger partial charge in [-0.2, -0.15) is 0 Å². The maximum atomic E-state index is 12.0. The van der Waals surface area contributed by atoms with Crippen molar-refractivity contribution in [3.63, 3.8) is 0 Å². The Balaban J connectivity index is 4.17. The molecule has 0 aromatic heterocycles. The lowest BCUT2D eigenvalue weighted by Crippen LogP contribution is -2.50. The van der Waals surface area contributed by atoms with Gasteiger partial charge < -0.3 is 19.9 Å². The van der Waals surface area contributed by atoms with Crippen molar-refractivity contribution >= 4 is 14.0 Å². The van der Waals surface area contributed by atoms with E-state index in [1.54, 1.807) is 6.55 Å². The molecule has 3 N–H and O–H groups in total. The lowest BCUT2D eigenvalue weighted by molar-refractivity contribution is -0.118. The Kier molecular flexibility index (Phi) is 6.95. The average molecular weight is 234 g/mol. The standard InChI is InChI=1S/C9H22N2O3Si/c1-8(7-11-6-5-10)9(12)15(4,13-2)14-3/h8,11H,5-7,10H2,1-4H3. The molecule has 0 spiro atoms. The zero-order valence-electron chi connectivity index (χ0n) is 10.0. The second-order valence-electron chi connectivity index (χ2n) is 3.61. The van der Waals surface area contributed by atoms with Crippen LogP contribution in [0.5, 0.6) is 0 Å². The third kappa shape index (κ3) is 4.39. The molecule has 0 aliphatic rings. The molecule has 0 rings (SSSR count). The van der Waals surface area contributed by atoms with Gasteiger partial charge in [-0.15, -0.1) is 0 Å². The topological polar surface area (TPSA) is 73.6 Å². The van der Waals surface area contributed by atoms with Gasteiger partial charge in [0.1, 0.15) is 0 Å². The molecule has 90 valence electrons. The van der Waals surface area contributed by atoms with Crippen molar-refractivity contribution in [1.82, 2.24) is 5.32 Å². The van der Waals surface area contributed by atoms with Crippen LogP contribution < -0.4 is 11.1 Å². The Morgan fingerprint density at radius 3 is 2.40 bits per heavy atom. The van der Waals surface area contributed by atoms with Crippen molar-refractivity contribution in [1.29, 1.82) is 0 Å². The van der Waals surface area contributed by atoms with Crippen LogP contribution in [-0.2, 0) is 13.6 Å². The highest BCUT2D eigenvalue weighted by Gasteiger charge is 2.41. The number of carbonyl (C=O) groups excluding carboxylic acids is 1. The molecule has 0 bridgehead atoms. The molecule has 0 radical (unpaired) electrons. The number of nitrogens with two attached hydrogens (primary N) is 1. The summed E-state index contributed by atoms with van der Waals surface area (Å²) in [5.74, 6) is -0.104. The molecular weight excluding hydrogens is 212 g/mol. The number of rotatable bonds is 8. The molecule has 0 saturated heterocycles. The van der Waals surface area contributed by atoms with Gasteiger partial charge in [0.2, 0.25) is 0 Å². The molecule has 1 unspecified atom stereocenters. The van der Waals surface area contributed by atoms with Gasteiger partial charge in [0.05, 0.1) is 0 Å². The summed E-state index contributed by atoms with van der Waals surface area (Å²) >= 11 is 0.